The number of thiophene rings is 1. The molecule has 9 aromatic rings. The highest BCUT2D eigenvalue weighted by Crippen LogP contribution is 2.58. The van der Waals surface area contributed by atoms with Crippen LogP contribution in [-0.4, -0.2) is 35.9 Å². The summed E-state index contributed by atoms with van der Waals surface area (Å²) in [4.78, 5) is 21.4. The average molecular weight is 967 g/mol. The molecule has 5 aromatic carbocycles. The molecule has 4 aromatic heterocycles. The molecule has 0 radical (unpaired) electrons. The van der Waals surface area contributed by atoms with Gasteiger partial charge < -0.3 is 10.0 Å². The fourth-order valence-corrected chi connectivity index (χ4v) is 13.1. The fourth-order valence-electron chi connectivity index (χ4n) is 12.1. The lowest BCUT2D eigenvalue weighted by atomic mass is 9.70. The lowest BCUT2D eigenvalue weighted by Crippen LogP contribution is -2.26. The van der Waals surface area contributed by atoms with Crippen molar-refractivity contribution in [2.75, 3.05) is 4.90 Å². The molecule has 0 fully saturated rings. The molecule has 0 atom stereocenters. The van der Waals surface area contributed by atoms with Gasteiger partial charge in [0.25, 0.3) is 0 Å². The summed E-state index contributed by atoms with van der Waals surface area (Å²) in [5.74, 6) is -0.736. The molecule has 0 unspecified atom stereocenters. The highest BCUT2D eigenvalue weighted by molar-refractivity contribution is 7.16. The molecule has 0 saturated carbocycles. The van der Waals surface area contributed by atoms with Crippen LogP contribution < -0.4 is 10.1 Å². The van der Waals surface area contributed by atoms with E-state index in [4.69, 9.17) is 0 Å². The second kappa shape index (κ2) is 19.8. The maximum absolute atomic E-state index is 12.5. The second-order valence-corrected chi connectivity index (χ2v) is 21.0. The van der Waals surface area contributed by atoms with E-state index in [1.54, 1.807) is 17.5 Å². The number of unbranched alkanes of at least 4 members (excludes halogenated alkanes) is 4. The highest BCUT2D eigenvalue weighted by atomic mass is 32.1. The van der Waals surface area contributed by atoms with Crippen molar-refractivity contribution >= 4 is 46.1 Å². The van der Waals surface area contributed by atoms with Gasteiger partial charge in [0.1, 0.15) is 5.69 Å². The van der Waals surface area contributed by atoms with Gasteiger partial charge in [0.2, 0.25) is 5.82 Å². The minimum absolute atomic E-state index is 0.0443. The zero-order chi connectivity index (χ0) is 49.4. The fraction of sp³-hybridized carbons (Fsp3) is 0.286. The van der Waals surface area contributed by atoms with Gasteiger partial charge >= 0.3 is 5.97 Å². The molecule has 362 valence electrons. The van der Waals surface area contributed by atoms with Crippen LogP contribution in [0.5, 0.6) is 0 Å². The quantitative estimate of drug-likeness (QED) is 0.0862. The van der Waals surface area contributed by atoms with Gasteiger partial charge in [0, 0.05) is 43.8 Å². The van der Waals surface area contributed by atoms with Gasteiger partial charge in [0.05, 0.1) is 5.22 Å². The Morgan fingerprint density at radius 2 is 1.12 bits per heavy atom. The van der Waals surface area contributed by atoms with Crippen LogP contribution in [0.4, 0.5) is 17.1 Å². The zero-order valence-electron chi connectivity index (χ0n) is 41.9. The van der Waals surface area contributed by atoms with Gasteiger partial charge in [-0.15, -0.1) is 21.5 Å². The van der Waals surface area contributed by atoms with Crippen LogP contribution in [0.3, 0.4) is 0 Å². The smallest absolute Gasteiger partial charge is 0.357 e. The zero-order valence-corrected chi connectivity index (χ0v) is 42.7. The van der Waals surface area contributed by atoms with Gasteiger partial charge in [-0.2, -0.15) is 9.61 Å². The number of nitrogens with zero attached hydrogens (tertiary/aromatic N) is 6. The van der Waals surface area contributed by atoms with E-state index in [0.29, 0.717) is 22.4 Å². The summed E-state index contributed by atoms with van der Waals surface area (Å²) in [6.45, 7) is 9.30. The minimum Gasteiger partial charge on any atom is -0.476 e. The number of carboxylic acid groups (broad SMARTS) is 1. The van der Waals surface area contributed by atoms with Crippen LogP contribution in [-0.2, 0) is 10.8 Å². The molecule has 0 aliphatic heterocycles. The maximum atomic E-state index is 12.5. The van der Waals surface area contributed by atoms with Gasteiger partial charge in [-0.25, -0.2) is 4.79 Å². The van der Waals surface area contributed by atoms with Gasteiger partial charge in [-0.1, -0.05) is 158 Å². The van der Waals surface area contributed by atoms with Crippen LogP contribution in [0.2, 0.25) is 0 Å². The summed E-state index contributed by atoms with van der Waals surface area (Å²) in [5, 5.41) is 23.8. The molecule has 1 N–H and O–H groups in total. The first kappa shape index (κ1) is 47.1. The lowest BCUT2D eigenvalue weighted by molar-refractivity contribution is 0.0689. The number of fused-ring (bicyclic) bond motifs is 7. The Labute approximate surface area is 427 Å². The Hall–Kier alpha value is -7.23. The summed E-state index contributed by atoms with van der Waals surface area (Å²) in [5.41, 5.74) is 16.7. The van der Waals surface area contributed by atoms with Crippen molar-refractivity contribution < 1.29 is 9.90 Å². The first-order chi connectivity index (χ1) is 35.3. The molecule has 2 aliphatic rings. The monoisotopic (exact) mass is 966 g/mol. The molecular formula is C63H62N6O2S. The van der Waals surface area contributed by atoms with E-state index < -0.39 is 5.97 Å². The number of pyridine rings is 1. The Bertz CT molecular complexity index is 3350. The topological polar surface area (TPSA) is 96.5 Å². The Balaban J connectivity index is 1.03. The number of hydrogen-bond donors (Lipinski definition) is 1. The number of hydrogen-bond acceptors (Lipinski definition) is 7. The van der Waals surface area contributed by atoms with Crippen molar-refractivity contribution in [1.82, 2.24) is 24.8 Å². The van der Waals surface area contributed by atoms with Crippen LogP contribution in [0.1, 0.15) is 142 Å². The second-order valence-electron chi connectivity index (χ2n) is 19.9. The maximum Gasteiger partial charge on any atom is 0.357 e. The van der Waals surface area contributed by atoms with E-state index in [2.05, 4.69) is 168 Å². The third-order valence-corrected chi connectivity index (χ3v) is 16.7. The first-order valence-corrected chi connectivity index (χ1v) is 27.0. The summed E-state index contributed by atoms with van der Waals surface area (Å²) >= 11 is 1.60. The van der Waals surface area contributed by atoms with E-state index in [9.17, 15) is 9.90 Å². The predicted octanol–water partition coefficient (Wildman–Crippen LogP) is 15.9. The van der Waals surface area contributed by atoms with E-state index in [0.717, 1.165) is 72.4 Å². The van der Waals surface area contributed by atoms with Crippen molar-refractivity contribution in [3.05, 3.63) is 184 Å². The van der Waals surface area contributed by atoms with Gasteiger partial charge in [-0.3, -0.25) is 4.98 Å². The molecule has 2 aliphatic carbocycles. The molecule has 9 heteroatoms. The number of aromatic carboxylic acids is 1. The Morgan fingerprint density at radius 3 is 1.65 bits per heavy atom. The van der Waals surface area contributed by atoms with E-state index in [1.165, 1.54) is 86.1 Å². The standard InChI is InChI=1S/C63H62N6O2S/c1-5-9-34-62(35-10-6-2)52-21-15-13-19-47(52)49-31-28-44(39-54(49)62)68(45-29-32-50-48-20-14-16-22-53(48)63(36-11-7-3,37-12-8-4)55(50)40-45)43-26-24-42(25-27-43)57-33-30-46(72-57)41-51-58(61(70)71)67-69-59(51)65-66-60(69)56-23-17-18-38-64-56/h13-33,38-41H,5-12,34-37H2,1-4H3,(H,70,71). The van der Waals surface area contributed by atoms with E-state index >= 15 is 0 Å². The molecule has 72 heavy (non-hydrogen) atoms. The van der Waals surface area contributed by atoms with Crippen LogP contribution in [0, 0.1) is 0 Å². The van der Waals surface area contributed by atoms with E-state index in [1.807, 2.05) is 30.3 Å². The molecule has 4 heterocycles. The van der Waals surface area contributed by atoms with Gasteiger partial charge in [-0.05, 0) is 142 Å². The summed E-state index contributed by atoms with van der Waals surface area (Å²) in [7, 11) is 0. The SMILES string of the molecule is CCCCC1(CCCC)c2ccccc2-c2ccc(N(c3ccc(-c4ccc(C=c5c(C(=O)O)nn6c(-c7ccccn7)nnc56)s4)cc3)c3ccc4c(c3)C(CCCC)(CCCC)c3ccccc3-4)cc21. The molecule has 11 rings (SSSR count). The van der Waals surface area contributed by atoms with Crippen molar-refractivity contribution in [3.63, 3.8) is 0 Å². The lowest BCUT2D eigenvalue weighted by Gasteiger charge is -2.35. The number of benzene rings is 5. The van der Waals surface area contributed by atoms with E-state index in [-0.39, 0.29) is 16.5 Å². The summed E-state index contributed by atoms with van der Waals surface area (Å²) < 4.78 is 1.48. The molecule has 0 spiro atoms. The number of aromatic nitrogens is 5. The minimum atomic E-state index is -1.13. The van der Waals surface area contributed by atoms with Crippen molar-refractivity contribution in [3.8, 4) is 44.2 Å². The van der Waals surface area contributed by atoms with Crippen LogP contribution in [0.25, 0.3) is 55.9 Å². The summed E-state index contributed by atoms with van der Waals surface area (Å²) in [6.07, 6.45) is 17.4. The molecule has 8 nitrogen and oxygen atoms in total. The largest absolute Gasteiger partial charge is 0.476 e. The number of anilines is 3. The molecular weight excluding hydrogens is 905 g/mol. The Kier molecular flexibility index (Phi) is 12.9. The molecule has 0 saturated heterocycles. The van der Waals surface area contributed by atoms with Crippen molar-refractivity contribution in [2.24, 2.45) is 0 Å². The third kappa shape index (κ3) is 8.02. The Morgan fingerprint density at radius 1 is 0.597 bits per heavy atom. The third-order valence-electron chi connectivity index (χ3n) is 15.6. The first-order valence-electron chi connectivity index (χ1n) is 26.2. The number of rotatable bonds is 19. The predicted molar refractivity (Wildman–Crippen MR) is 295 cm³/mol. The molecule has 0 amide bonds. The molecule has 0 bridgehead atoms. The summed E-state index contributed by atoms with van der Waals surface area (Å²) in [6, 6.07) is 51.7. The normalized spacial score (nSPS) is 14.1. The van der Waals surface area contributed by atoms with Crippen molar-refractivity contribution in [1.29, 1.82) is 0 Å². The average Bonchev–Trinajstić information content (AvgIpc) is 4.25. The van der Waals surface area contributed by atoms with Gasteiger partial charge in [0.15, 0.2) is 11.3 Å². The number of carboxylic acids is 1. The highest BCUT2D eigenvalue weighted by Gasteiger charge is 2.44. The number of carbonyl (C=O) groups is 1. The van der Waals surface area contributed by atoms with Crippen LogP contribution in [0.15, 0.2) is 146 Å². The van der Waals surface area contributed by atoms with Crippen molar-refractivity contribution in [2.45, 2.75) is 116 Å². The van der Waals surface area contributed by atoms with Crippen LogP contribution >= 0.6 is 11.3 Å².